The highest BCUT2D eigenvalue weighted by Gasteiger charge is 2.33. The Balaban J connectivity index is 1.38. The standard InChI is InChI=1S/C23H24N6O3/c1-14(2)31-17-9-16(10-17)29-13-19(22(28-29)18-5-3-4-8-24-18)27-23(30)21-7-6-20(32-21)15-11-25-26-12-15/h3-8,11-14,16-17H,9-10H2,1-2H3,(H,25,26)(H,27,30)/t16-,17-. The van der Waals surface area contributed by atoms with Crippen LogP contribution >= 0.6 is 0 Å². The molecule has 0 saturated heterocycles. The molecular formula is C23H24N6O3. The van der Waals surface area contributed by atoms with Gasteiger partial charge in [0, 0.05) is 18.6 Å². The molecule has 1 saturated carbocycles. The molecule has 1 fully saturated rings. The SMILES string of the molecule is CC(C)O[C@H]1C[C@H](n2cc(NC(=O)c3ccc(-c4cn[nH]c4)o3)c(-c3ccccn3)n2)C1. The number of aromatic amines is 1. The van der Waals surface area contributed by atoms with Gasteiger partial charge in [0.05, 0.1) is 41.4 Å². The Hall–Kier alpha value is -3.72. The minimum Gasteiger partial charge on any atom is -0.451 e. The molecule has 0 unspecified atom stereocenters. The third-order valence-corrected chi connectivity index (χ3v) is 5.41. The number of furan rings is 1. The number of pyridine rings is 1. The Morgan fingerprint density at radius 3 is 2.88 bits per heavy atom. The largest absolute Gasteiger partial charge is 0.451 e. The highest BCUT2D eigenvalue weighted by atomic mass is 16.5. The zero-order chi connectivity index (χ0) is 22.1. The predicted octanol–water partition coefficient (Wildman–Crippen LogP) is 4.31. The van der Waals surface area contributed by atoms with Crippen LogP contribution in [0.15, 0.2) is 59.5 Å². The maximum Gasteiger partial charge on any atom is 0.291 e. The number of ether oxygens (including phenoxy) is 1. The molecule has 4 heterocycles. The Morgan fingerprint density at radius 1 is 1.28 bits per heavy atom. The van der Waals surface area contributed by atoms with Gasteiger partial charge < -0.3 is 14.5 Å². The van der Waals surface area contributed by atoms with E-state index in [1.54, 1.807) is 30.7 Å². The lowest BCUT2D eigenvalue weighted by Gasteiger charge is -2.36. The van der Waals surface area contributed by atoms with Crippen LogP contribution < -0.4 is 5.32 Å². The first-order valence-corrected chi connectivity index (χ1v) is 10.6. The topological polar surface area (TPSA) is 111 Å². The van der Waals surface area contributed by atoms with Crippen LogP contribution in [0.4, 0.5) is 5.69 Å². The number of hydrogen-bond acceptors (Lipinski definition) is 6. The summed E-state index contributed by atoms with van der Waals surface area (Å²) in [6.45, 7) is 4.08. The first-order chi connectivity index (χ1) is 15.6. The Labute approximate surface area is 184 Å². The van der Waals surface area contributed by atoms with E-state index in [1.807, 2.05) is 42.9 Å². The van der Waals surface area contributed by atoms with Crippen molar-refractivity contribution in [1.29, 1.82) is 0 Å². The van der Waals surface area contributed by atoms with Crippen molar-refractivity contribution in [3.05, 3.63) is 60.9 Å². The Kier molecular flexibility index (Phi) is 5.32. The summed E-state index contributed by atoms with van der Waals surface area (Å²) in [7, 11) is 0. The Morgan fingerprint density at radius 2 is 2.16 bits per heavy atom. The highest BCUT2D eigenvalue weighted by Crippen LogP contribution is 2.37. The van der Waals surface area contributed by atoms with Gasteiger partial charge in [0.2, 0.25) is 0 Å². The molecule has 1 aliphatic carbocycles. The third-order valence-electron chi connectivity index (χ3n) is 5.41. The molecular weight excluding hydrogens is 408 g/mol. The van der Waals surface area contributed by atoms with Gasteiger partial charge in [-0.3, -0.25) is 19.6 Å². The van der Waals surface area contributed by atoms with Gasteiger partial charge in [-0.2, -0.15) is 10.2 Å². The molecule has 0 spiro atoms. The average molecular weight is 432 g/mol. The van der Waals surface area contributed by atoms with Gasteiger partial charge in [-0.05, 0) is 51.0 Å². The summed E-state index contributed by atoms with van der Waals surface area (Å²) in [5.41, 5.74) is 2.67. The van der Waals surface area contributed by atoms with Crippen molar-refractivity contribution in [3.8, 4) is 22.7 Å². The van der Waals surface area contributed by atoms with Gasteiger partial charge in [0.1, 0.15) is 11.5 Å². The van der Waals surface area contributed by atoms with Crippen molar-refractivity contribution in [2.45, 2.75) is 44.9 Å². The number of carbonyl (C=O) groups excluding carboxylic acids is 1. The number of H-pyrrole nitrogens is 1. The number of amides is 1. The number of nitrogens with one attached hydrogen (secondary N) is 2. The lowest BCUT2D eigenvalue weighted by Crippen LogP contribution is -2.35. The van der Waals surface area contributed by atoms with Gasteiger partial charge >= 0.3 is 0 Å². The zero-order valence-electron chi connectivity index (χ0n) is 17.9. The fourth-order valence-electron chi connectivity index (χ4n) is 3.80. The number of anilines is 1. The number of aromatic nitrogens is 5. The normalized spacial score (nSPS) is 18.0. The lowest BCUT2D eigenvalue weighted by molar-refractivity contribution is -0.0599. The van der Waals surface area contributed by atoms with E-state index in [9.17, 15) is 4.79 Å². The third kappa shape index (κ3) is 4.06. The van der Waals surface area contributed by atoms with Crippen LogP contribution in [0.2, 0.25) is 0 Å². The van der Waals surface area contributed by atoms with Crippen LogP contribution in [-0.2, 0) is 4.74 Å². The molecule has 9 heteroatoms. The second-order valence-electron chi connectivity index (χ2n) is 8.12. The summed E-state index contributed by atoms with van der Waals surface area (Å²) in [5.74, 6) is 0.413. The molecule has 0 radical (unpaired) electrons. The quantitative estimate of drug-likeness (QED) is 0.450. The summed E-state index contributed by atoms with van der Waals surface area (Å²) in [5, 5.41) is 14.3. The summed E-state index contributed by atoms with van der Waals surface area (Å²) < 4.78 is 13.5. The van der Waals surface area contributed by atoms with Crippen LogP contribution in [0.1, 0.15) is 43.3 Å². The second-order valence-corrected chi connectivity index (χ2v) is 8.12. The first-order valence-electron chi connectivity index (χ1n) is 10.6. The molecule has 0 atom stereocenters. The van der Waals surface area contributed by atoms with E-state index in [0.717, 1.165) is 18.4 Å². The minimum absolute atomic E-state index is 0.204. The van der Waals surface area contributed by atoms with Crippen molar-refractivity contribution >= 4 is 11.6 Å². The summed E-state index contributed by atoms with van der Waals surface area (Å²) in [6.07, 6.45) is 9.14. The van der Waals surface area contributed by atoms with Crippen LogP contribution in [0, 0.1) is 0 Å². The van der Waals surface area contributed by atoms with Gasteiger partial charge in [0.15, 0.2) is 5.76 Å². The van der Waals surface area contributed by atoms with E-state index >= 15 is 0 Å². The maximum absolute atomic E-state index is 12.9. The Bertz CT molecular complexity index is 1190. The molecule has 5 rings (SSSR count). The predicted molar refractivity (Wildman–Crippen MR) is 118 cm³/mol. The molecule has 9 nitrogen and oxygen atoms in total. The van der Waals surface area contributed by atoms with Gasteiger partial charge in [-0.15, -0.1) is 0 Å². The number of rotatable bonds is 7. The summed E-state index contributed by atoms with van der Waals surface area (Å²) in [4.78, 5) is 17.3. The van der Waals surface area contributed by atoms with E-state index in [0.29, 0.717) is 22.8 Å². The van der Waals surface area contributed by atoms with E-state index in [4.69, 9.17) is 14.3 Å². The zero-order valence-corrected chi connectivity index (χ0v) is 17.9. The maximum atomic E-state index is 12.9. The summed E-state index contributed by atoms with van der Waals surface area (Å²) >= 11 is 0. The molecule has 32 heavy (non-hydrogen) atoms. The molecule has 2 N–H and O–H groups in total. The smallest absolute Gasteiger partial charge is 0.291 e. The average Bonchev–Trinajstić information content (AvgIpc) is 3.51. The summed E-state index contributed by atoms with van der Waals surface area (Å²) in [6, 6.07) is 9.22. The molecule has 4 aromatic heterocycles. The van der Waals surface area contributed by atoms with E-state index < -0.39 is 0 Å². The molecule has 1 amide bonds. The van der Waals surface area contributed by atoms with Gasteiger partial charge in [0.25, 0.3) is 5.91 Å². The minimum atomic E-state index is -0.355. The van der Waals surface area contributed by atoms with Gasteiger partial charge in [-0.25, -0.2) is 0 Å². The number of nitrogens with zero attached hydrogens (tertiary/aromatic N) is 4. The fraction of sp³-hybridized carbons (Fsp3) is 0.304. The van der Waals surface area contributed by atoms with Crippen LogP contribution in [0.25, 0.3) is 22.7 Å². The highest BCUT2D eigenvalue weighted by molar-refractivity contribution is 6.04. The van der Waals surface area contributed by atoms with Gasteiger partial charge in [-0.1, -0.05) is 6.07 Å². The molecule has 164 valence electrons. The first kappa shape index (κ1) is 20.2. The van der Waals surface area contributed by atoms with E-state index in [-0.39, 0.29) is 29.9 Å². The van der Waals surface area contributed by atoms with Crippen molar-refractivity contribution in [3.63, 3.8) is 0 Å². The molecule has 0 aliphatic heterocycles. The molecule has 0 bridgehead atoms. The molecule has 1 aliphatic rings. The number of hydrogen-bond donors (Lipinski definition) is 2. The van der Waals surface area contributed by atoms with Crippen LogP contribution in [0.3, 0.4) is 0 Å². The van der Waals surface area contributed by atoms with Crippen molar-refractivity contribution in [2.75, 3.05) is 5.32 Å². The number of carbonyl (C=O) groups is 1. The van der Waals surface area contributed by atoms with E-state index in [2.05, 4.69) is 20.5 Å². The van der Waals surface area contributed by atoms with Crippen molar-refractivity contribution in [2.24, 2.45) is 0 Å². The molecule has 4 aromatic rings. The lowest BCUT2D eigenvalue weighted by atomic mass is 9.89. The van der Waals surface area contributed by atoms with Crippen LogP contribution in [0.5, 0.6) is 0 Å². The second kappa shape index (κ2) is 8.43. The molecule has 0 aromatic carbocycles. The van der Waals surface area contributed by atoms with Crippen LogP contribution in [-0.4, -0.2) is 43.1 Å². The monoisotopic (exact) mass is 432 g/mol. The van der Waals surface area contributed by atoms with Crippen molar-refractivity contribution in [1.82, 2.24) is 25.0 Å². The fourth-order valence-corrected chi connectivity index (χ4v) is 3.80. The van der Waals surface area contributed by atoms with Crippen molar-refractivity contribution < 1.29 is 13.9 Å². The van der Waals surface area contributed by atoms with E-state index in [1.165, 1.54) is 0 Å².